The molecule has 0 bridgehead atoms. The molecule has 3 aromatic heterocycles. The number of hydrogen-bond acceptors (Lipinski definition) is 6. The lowest BCUT2D eigenvalue weighted by molar-refractivity contribution is 0.282. The van der Waals surface area contributed by atoms with Crippen LogP contribution in [0.4, 0.5) is 0 Å². The van der Waals surface area contributed by atoms with Crippen LogP contribution in [0, 0.1) is 0 Å². The number of ether oxygens (including phenoxy) is 2. The summed E-state index contributed by atoms with van der Waals surface area (Å²) >= 11 is 0. The van der Waals surface area contributed by atoms with Crippen molar-refractivity contribution in [3.63, 3.8) is 0 Å². The normalized spacial score (nSPS) is 11.5. The Labute approximate surface area is 328 Å². The third-order valence-corrected chi connectivity index (χ3v) is 10.4. The molecule has 0 radical (unpaired) electrons. The third kappa shape index (κ3) is 5.63. The fraction of sp³-hybridized carbons (Fsp3) is 0.0625. The van der Waals surface area contributed by atoms with Gasteiger partial charge in [-0.3, -0.25) is 13.7 Å². The zero-order chi connectivity index (χ0) is 38.5. The van der Waals surface area contributed by atoms with E-state index in [1.807, 2.05) is 127 Å². The molecule has 7 aromatic carbocycles. The standard InChI is InChI=1S/C48H36N6O3/c1-56-38-26-22-33(23-27-38)47-50-41-43-40(49-46(32-20-18-31(30-55)19-21-32)52(43)35-12-6-3-7-13-35)44-42(45(41)54(47)37-16-10-5-11-17-37)51-48(34-24-28-39(57-2)29-25-34)53(44)36-14-8-4-9-15-36/h3-29,55H,30H2,1-2H3. The molecule has 0 fully saturated rings. The molecule has 0 saturated heterocycles. The monoisotopic (exact) mass is 744 g/mol. The van der Waals surface area contributed by atoms with Crippen molar-refractivity contribution in [1.82, 2.24) is 28.7 Å². The fourth-order valence-corrected chi connectivity index (χ4v) is 7.72. The number of hydrogen-bond donors (Lipinski definition) is 1. The van der Waals surface area contributed by atoms with Gasteiger partial charge in [0, 0.05) is 33.8 Å². The van der Waals surface area contributed by atoms with E-state index in [9.17, 15) is 5.11 Å². The van der Waals surface area contributed by atoms with Crippen LogP contribution < -0.4 is 9.47 Å². The Morgan fingerprint density at radius 1 is 0.404 bits per heavy atom. The zero-order valence-electron chi connectivity index (χ0n) is 31.2. The highest BCUT2D eigenvalue weighted by atomic mass is 16.5. The lowest BCUT2D eigenvalue weighted by Gasteiger charge is -2.12. The van der Waals surface area contributed by atoms with Gasteiger partial charge in [0.25, 0.3) is 0 Å². The minimum absolute atomic E-state index is 0.0495. The Bertz CT molecular complexity index is 2660. The van der Waals surface area contributed by atoms with E-state index in [0.29, 0.717) is 0 Å². The average Bonchev–Trinajstić information content (AvgIpc) is 4.00. The molecule has 1 N–H and O–H groups in total. The van der Waals surface area contributed by atoms with Crippen LogP contribution in [0.5, 0.6) is 11.5 Å². The van der Waals surface area contributed by atoms with E-state index in [-0.39, 0.29) is 6.61 Å². The summed E-state index contributed by atoms with van der Waals surface area (Å²) in [5, 5.41) is 9.94. The first-order valence-electron chi connectivity index (χ1n) is 18.7. The van der Waals surface area contributed by atoms with Crippen molar-refractivity contribution in [1.29, 1.82) is 0 Å². The summed E-state index contributed by atoms with van der Waals surface area (Å²) < 4.78 is 17.8. The molecule has 0 spiro atoms. The Morgan fingerprint density at radius 2 is 0.702 bits per heavy atom. The molecule has 9 nitrogen and oxygen atoms in total. The van der Waals surface area contributed by atoms with E-state index < -0.39 is 0 Å². The lowest BCUT2D eigenvalue weighted by Crippen LogP contribution is -2.00. The second kappa shape index (κ2) is 14.0. The molecule has 0 aliphatic carbocycles. The van der Waals surface area contributed by atoms with Gasteiger partial charge in [-0.25, -0.2) is 15.0 Å². The van der Waals surface area contributed by atoms with Crippen LogP contribution in [0.2, 0.25) is 0 Å². The van der Waals surface area contributed by atoms with Crippen LogP contribution in [-0.4, -0.2) is 48.0 Å². The summed E-state index contributed by atoms with van der Waals surface area (Å²) in [5.74, 6) is 3.76. The molecule has 0 saturated carbocycles. The molecule has 10 aromatic rings. The highest BCUT2D eigenvalue weighted by molar-refractivity contribution is 6.22. The van der Waals surface area contributed by atoms with Gasteiger partial charge in [-0.2, -0.15) is 0 Å². The second-order valence-electron chi connectivity index (χ2n) is 13.7. The van der Waals surface area contributed by atoms with Crippen molar-refractivity contribution in [2.24, 2.45) is 0 Å². The van der Waals surface area contributed by atoms with Gasteiger partial charge in [-0.1, -0.05) is 78.9 Å². The van der Waals surface area contributed by atoms with E-state index >= 15 is 0 Å². The third-order valence-electron chi connectivity index (χ3n) is 10.4. The van der Waals surface area contributed by atoms with E-state index in [2.05, 4.69) is 50.1 Å². The van der Waals surface area contributed by atoms with Crippen molar-refractivity contribution < 1.29 is 14.6 Å². The molecule has 0 atom stereocenters. The molecule has 0 aliphatic rings. The molecule has 3 heterocycles. The zero-order valence-corrected chi connectivity index (χ0v) is 31.2. The SMILES string of the molecule is COc1ccc(-c2nc3c(c4nc(-c5ccc(CO)cc5)n(-c5ccccc5)c4c4nc(-c5ccc(OC)cc5)n(-c5ccccc5)c43)n2-c2ccccc2)cc1. The lowest BCUT2D eigenvalue weighted by atomic mass is 10.1. The first-order valence-corrected chi connectivity index (χ1v) is 18.7. The second-order valence-corrected chi connectivity index (χ2v) is 13.7. The van der Waals surface area contributed by atoms with Crippen molar-refractivity contribution >= 4 is 33.1 Å². The van der Waals surface area contributed by atoms with Crippen molar-refractivity contribution in [3.8, 4) is 62.7 Å². The van der Waals surface area contributed by atoms with Gasteiger partial charge < -0.3 is 14.6 Å². The van der Waals surface area contributed by atoms with Gasteiger partial charge in [0.15, 0.2) is 0 Å². The van der Waals surface area contributed by atoms with Crippen LogP contribution in [-0.2, 0) is 6.61 Å². The number of rotatable bonds is 9. The Morgan fingerprint density at radius 3 is 0.982 bits per heavy atom. The number of para-hydroxylation sites is 3. The maximum atomic E-state index is 9.94. The smallest absolute Gasteiger partial charge is 0.145 e. The number of fused-ring (bicyclic) bond motifs is 6. The van der Waals surface area contributed by atoms with Crippen LogP contribution >= 0.6 is 0 Å². The molecule has 276 valence electrons. The van der Waals surface area contributed by atoms with Gasteiger partial charge in [0.05, 0.1) is 20.8 Å². The highest BCUT2D eigenvalue weighted by Gasteiger charge is 2.30. The van der Waals surface area contributed by atoms with Crippen molar-refractivity contribution in [3.05, 3.63) is 169 Å². The van der Waals surface area contributed by atoms with Gasteiger partial charge in [-0.15, -0.1) is 0 Å². The Balaban J connectivity index is 1.46. The molecule has 0 aliphatic heterocycles. The minimum atomic E-state index is -0.0495. The number of imidazole rings is 3. The maximum Gasteiger partial charge on any atom is 0.145 e. The maximum absolute atomic E-state index is 9.94. The number of nitrogens with zero attached hydrogens (tertiary/aromatic N) is 6. The van der Waals surface area contributed by atoms with E-state index in [1.165, 1.54) is 0 Å². The molecular formula is C48H36N6O3. The van der Waals surface area contributed by atoms with E-state index in [1.54, 1.807) is 14.2 Å². The van der Waals surface area contributed by atoms with Gasteiger partial charge >= 0.3 is 0 Å². The quantitative estimate of drug-likeness (QED) is 0.158. The first-order chi connectivity index (χ1) is 28.1. The van der Waals surface area contributed by atoms with Crippen molar-refractivity contribution in [2.75, 3.05) is 14.2 Å². The summed E-state index contributed by atoms with van der Waals surface area (Å²) in [7, 11) is 3.34. The number of methoxy groups -OCH3 is 2. The van der Waals surface area contributed by atoms with E-state index in [4.69, 9.17) is 24.4 Å². The molecule has 0 amide bonds. The summed E-state index contributed by atoms with van der Waals surface area (Å²) in [6, 6.07) is 54.9. The number of aliphatic hydroxyl groups is 1. The number of benzene rings is 7. The van der Waals surface area contributed by atoms with Gasteiger partial charge in [0.2, 0.25) is 0 Å². The highest BCUT2D eigenvalue weighted by Crippen LogP contribution is 2.44. The van der Waals surface area contributed by atoms with Crippen LogP contribution in [0.15, 0.2) is 164 Å². The van der Waals surface area contributed by atoms with Crippen LogP contribution in [0.1, 0.15) is 5.56 Å². The average molecular weight is 745 g/mol. The van der Waals surface area contributed by atoms with Crippen LogP contribution in [0.3, 0.4) is 0 Å². The van der Waals surface area contributed by atoms with Crippen molar-refractivity contribution in [2.45, 2.75) is 6.61 Å². The first kappa shape index (κ1) is 34.0. The van der Waals surface area contributed by atoms with Gasteiger partial charge in [-0.05, 0) is 90.5 Å². The molecule has 10 rings (SSSR count). The summed E-state index contributed by atoms with van der Waals surface area (Å²) in [5.41, 5.74) is 11.1. The predicted octanol–water partition coefficient (Wildman–Crippen LogP) is 10.2. The summed E-state index contributed by atoms with van der Waals surface area (Å²) in [6.07, 6.45) is 0. The minimum Gasteiger partial charge on any atom is -0.497 e. The van der Waals surface area contributed by atoms with Gasteiger partial charge in [0.1, 0.15) is 62.1 Å². The molecular weight excluding hydrogens is 709 g/mol. The summed E-state index contributed by atoms with van der Waals surface area (Å²) in [6.45, 7) is -0.0495. The fourth-order valence-electron chi connectivity index (χ4n) is 7.72. The topological polar surface area (TPSA) is 92.2 Å². The predicted molar refractivity (Wildman–Crippen MR) is 226 cm³/mol. The Kier molecular flexibility index (Phi) is 8.35. The van der Waals surface area contributed by atoms with Crippen LogP contribution in [0.25, 0.3) is 84.3 Å². The number of aliphatic hydroxyl groups excluding tert-OH is 1. The molecule has 9 heteroatoms. The van der Waals surface area contributed by atoms with E-state index in [0.717, 1.165) is 101 Å². The number of aromatic nitrogens is 6. The largest absolute Gasteiger partial charge is 0.497 e. The molecule has 0 unspecified atom stereocenters. The summed E-state index contributed by atoms with van der Waals surface area (Å²) in [4.78, 5) is 16.7. The molecule has 57 heavy (non-hydrogen) atoms. The Hall–Kier alpha value is -7.49.